The van der Waals surface area contributed by atoms with Crippen molar-refractivity contribution in [2.45, 2.75) is 37.8 Å². The highest BCUT2D eigenvalue weighted by atomic mass is 32.2. The number of thioether (sulfide) groups is 1. The van der Waals surface area contributed by atoms with Crippen LogP contribution in [0.25, 0.3) is 0 Å². The molecule has 1 N–H and O–H groups in total. The van der Waals surface area contributed by atoms with Gasteiger partial charge in [-0.15, -0.1) is 11.8 Å². The van der Waals surface area contributed by atoms with Gasteiger partial charge in [0.25, 0.3) is 0 Å². The number of benzene rings is 1. The van der Waals surface area contributed by atoms with Crippen molar-refractivity contribution in [3.05, 3.63) is 30.1 Å². The fraction of sp³-hybridized carbons (Fsp3) is 0.571. The van der Waals surface area contributed by atoms with Gasteiger partial charge in [0.05, 0.1) is 12.7 Å². The Morgan fingerprint density at radius 1 is 1.28 bits per heavy atom. The first-order valence-corrected chi connectivity index (χ1v) is 7.33. The molecule has 0 aromatic heterocycles. The first kappa shape index (κ1) is 15.5. The summed E-state index contributed by atoms with van der Waals surface area (Å²) in [5, 5.41) is 3.40. The second-order valence-electron chi connectivity index (χ2n) is 4.40. The average molecular weight is 271 g/mol. The monoisotopic (exact) mass is 271 g/mol. The smallest absolute Gasteiger partial charge is 0.123 e. The van der Waals surface area contributed by atoms with Gasteiger partial charge in [-0.1, -0.05) is 6.92 Å². The zero-order valence-electron chi connectivity index (χ0n) is 11.3. The molecular weight excluding hydrogens is 249 g/mol. The topological polar surface area (TPSA) is 21.3 Å². The minimum Gasteiger partial charge on any atom is -0.377 e. The summed E-state index contributed by atoms with van der Waals surface area (Å²) in [7, 11) is 0. The molecule has 1 unspecified atom stereocenters. The van der Waals surface area contributed by atoms with E-state index in [2.05, 4.69) is 12.2 Å². The van der Waals surface area contributed by atoms with Crippen LogP contribution in [-0.4, -0.2) is 31.1 Å². The fourth-order valence-electron chi connectivity index (χ4n) is 1.49. The van der Waals surface area contributed by atoms with Gasteiger partial charge in [-0.05, 0) is 44.7 Å². The molecule has 4 heteroatoms. The summed E-state index contributed by atoms with van der Waals surface area (Å²) in [5.41, 5.74) is 0. The van der Waals surface area contributed by atoms with E-state index in [-0.39, 0.29) is 11.9 Å². The van der Waals surface area contributed by atoms with E-state index < -0.39 is 0 Å². The zero-order valence-corrected chi connectivity index (χ0v) is 12.1. The number of hydrogen-bond acceptors (Lipinski definition) is 3. The highest BCUT2D eigenvalue weighted by Crippen LogP contribution is 2.19. The van der Waals surface area contributed by atoms with Crippen molar-refractivity contribution < 1.29 is 9.13 Å². The molecule has 0 amide bonds. The quantitative estimate of drug-likeness (QED) is 0.733. The van der Waals surface area contributed by atoms with E-state index in [1.165, 1.54) is 12.1 Å². The molecule has 18 heavy (non-hydrogen) atoms. The molecule has 1 aromatic carbocycles. The number of halogens is 1. The van der Waals surface area contributed by atoms with Crippen LogP contribution < -0.4 is 5.32 Å². The fourth-order valence-corrected chi connectivity index (χ4v) is 2.43. The van der Waals surface area contributed by atoms with Crippen molar-refractivity contribution in [1.82, 2.24) is 5.32 Å². The number of likely N-dealkylation sites (N-methyl/N-ethyl adjacent to an activating group) is 1. The highest BCUT2D eigenvalue weighted by molar-refractivity contribution is 7.99. The molecule has 2 nitrogen and oxygen atoms in total. The minimum absolute atomic E-state index is 0.189. The molecule has 0 heterocycles. The van der Waals surface area contributed by atoms with Crippen LogP contribution in [0.15, 0.2) is 29.2 Å². The van der Waals surface area contributed by atoms with Crippen LogP contribution in [0, 0.1) is 5.82 Å². The summed E-state index contributed by atoms with van der Waals surface area (Å²) in [6, 6.07) is 6.94. The van der Waals surface area contributed by atoms with Crippen molar-refractivity contribution in [1.29, 1.82) is 0 Å². The average Bonchev–Trinajstić information content (AvgIpc) is 2.34. The van der Waals surface area contributed by atoms with Crippen LogP contribution in [0.1, 0.15) is 20.8 Å². The van der Waals surface area contributed by atoms with Crippen molar-refractivity contribution in [3.63, 3.8) is 0 Å². The van der Waals surface area contributed by atoms with Gasteiger partial charge in [-0.2, -0.15) is 0 Å². The van der Waals surface area contributed by atoms with Gasteiger partial charge >= 0.3 is 0 Å². The number of nitrogens with one attached hydrogen (secondary N) is 1. The molecule has 0 radical (unpaired) electrons. The van der Waals surface area contributed by atoms with E-state index in [9.17, 15) is 4.39 Å². The lowest BCUT2D eigenvalue weighted by molar-refractivity contribution is 0.0658. The Kier molecular flexibility index (Phi) is 7.32. The van der Waals surface area contributed by atoms with Gasteiger partial charge in [0, 0.05) is 16.7 Å². The van der Waals surface area contributed by atoms with E-state index in [4.69, 9.17) is 4.74 Å². The van der Waals surface area contributed by atoms with E-state index >= 15 is 0 Å². The summed E-state index contributed by atoms with van der Waals surface area (Å²) in [5.74, 6) is 0.734. The Hall–Kier alpha value is -0.580. The van der Waals surface area contributed by atoms with Crippen LogP contribution in [0.3, 0.4) is 0 Å². The maximum atomic E-state index is 12.8. The Morgan fingerprint density at radius 3 is 2.50 bits per heavy atom. The molecular formula is C14H22FNOS. The largest absolute Gasteiger partial charge is 0.377 e. The predicted molar refractivity (Wildman–Crippen MR) is 75.7 cm³/mol. The van der Waals surface area contributed by atoms with E-state index in [1.807, 2.05) is 26.0 Å². The van der Waals surface area contributed by atoms with Crippen LogP contribution >= 0.6 is 11.8 Å². The maximum Gasteiger partial charge on any atom is 0.123 e. The summed E-state index contributed by atoms with van der Waals surface area (Å²) < 4.78 is 18.4. The van der Waals surface area contributed by atoms with Gasteiger partial charge < -0.3 is 10.1 Å². The molecule has 102 valence electrons. The Morgan fingerprint density at radius 2 is 1.94 bits per heavy atom. The van der Waals surface area contributed by atoms with Crippen molar-refractivity contribution in [3.8, 4) is 0 Å². The van der Waals surface area contributed by atoms with Crippen LogP contribution in [0.5, 0.6) is 0 Å². The summed E-state index contributed by atoms with van der Waals surface area (Å²) >= 11 is 1.72. The van der Waals surface area contributed by atoms with E-state index in [0.29, 0.717) is 12.6 Å². The van der Waals surface area contributed by atoms with Gasteiger partial charge in [-0.25, -0.2) is 4.39 Å². The lowest BCUT2D eigenvalue weighted by Crippen LogP contribution is -2.36. The summed E-state index contributed by atoms with van der Waals surface area (Å²) in [6.07, 6.45) is 0.252. The molecule has 0 fully saturated rings. The molecule has 1 aromatic rings. The maximum absolute atomic E-state index is 12.8. The van der Waals surface area contributed by atoms with Gasteiger partial charge in [0.15, 0.2) is 0 Å². The van der Waals surface area contributed by atoms with E-state index in [1.54, 1.807) is 11.8 Å². The lowest BCUT2D eigenvalue weighted by atomic mass is 10.3. The molecule has 0 saturated heterocycles. The van der Waals surface area contributed by atoms with Gasteiger partial charge in [0.2, 0.25) is 0 Å². The van der Waals surface area contributed by atoms with Crippen molar-refractivity contribution in [2.75, 3.05) is 18.9 Å². The summed E-state index contributed by atoms with van der Waals surface area (Å²) in [6.45, 7) is 7.80. The first-order valence-electron chi connectivity index (χ1n) is 6.35. The zero-order chi connectivity index (χ0) is 13.4. The Balaban J connectivity index is 2.38. The Bertz CT molecular complexity index is 329. The molecule has 0 aliphatic rings. The highest BCUT2D eigenvalue weighted by Gasteiger charge is 2.09. The second-order valence-corrected chi connectivity index (χ2v) is 5.50. The van der Waals surface area contributed by atoms with E-state index in [0.717, 1.165) is 17.2 Å². The standard InChI is InChI=1S/C14H22FNOS/c1-4-16-13(9-17-11(2)3)10-18-14-7-5-12(15)6-8-14/h5-8,11,13,16H,4,9-10H2,1-3H3. The first-order chi connectivity index (χ1) is 8.61. The Labute approximate surface area is 113 Å². The molecule has 0 saturated carbocycles. The molecule has 0 bridgehead atoms. The number of rotatable bonds is 8. The molecule has 0 aliphatic heterocycles. The van der Waals surface area contributed by atoms with Gasteiger partial charge in [0.1, 0.15) is 5.82 Å². The minimum atomic E-state index is -0.189. The summed E-state index contributed by atoms with van der Waals surface area (Å²) in [4.78, 5) is 1.09. The third-order valence-electron chi connectivity index (χ3n) is 2.39. The van der Waals surface area contributed by atoms with Crippen molar-refractivity contribution in [2.24, 2.45) is 0 Å². The lowest BCUT2D eigenvalue weighted by Gasteiger charge is -2.19. The molecule has 1 atom stereocenters. The molecule has 1 rings (SSSR count). The predicted octanol–water partition coefficient (Wildman–Crippen LogP) is 3.32. The van der Waals surface area contributed by atoms with Crippen LogP contribution in [-0.2, 0) is 4.74 Å². The third kappa shape index (κ3) is 6.38. The molecule has 0 aliphatic carbocycles. The third-order valence-corrected chi connectivity index (χ3v) is 3.56. The number of hydrogen-bond donors (Lipinski definition) is 1. The SMILES string of the molecule is CCNC(COC(C)C)CSc1ccc(F)cc1. The van der Waals surface area contributed by atoms with Gasteiger partial charge in [-0.3, -0.25) is 0 Å². The normalized spacial score (nSPS) is 12.9. The van der Waals surface area contributed by atoms with Crippen LogP contribution in [0.2, 0.25) is 0 Å². The van der Waals surface area contributed by atoms with Crippen molar-refractivity contribution >= 4 is 11.8 Å². The number of ether oxygens (including phenoxy) is 1. The van der Waals surface area contributed by atoms with Crippen LogP contribution in [0.4, 0.5) is 4.39 Å². The second kappa shape index (κ2) is 8.51. The molecule has 0 spiro atoms.